The number of rotatable bonds is 2. The molecule has 0 atom stereocenters. The van der Waals surface area contributed by atoms with Crippen LogP contribution < -0.4 is 5.73 Å². The first-order chi connectivity index (χ1) is 8.80. The molecule has 4 nitrogen and oxygen atoms in total. The summed E-state index contributed by atoms with van der Waals surface area (Å²) < 4.78 is 39.8. The molecular formula is C12H13F3N4. The van der Waals surface area contributed by atoms with Gasteiger partial charge in [0.15, 0.2) is 5.82 Å². The first-order valence-electron chi connectivity index (χ1n) is 5.67. The lowest BCUT2D eigenvalue weighted by Crippen LogP contribution is -2.08. The van der Waals surface area contributed by atoms with Gasteiger partial charge in [-0.15, -0.1) is 10.2 Å². The van der Waals surface area contributed by atoms with Crippen molar-refractivity contribution in [1.29, 1.82) is 0 Å². The van der Waals surface area contributed by atoms with Crippen LogP contribution in [0.2, 0.25) is 0 Å². The molecule has 1 aromatic heterocycles. The number of nitrogens with zero attached hydrogens (tertiary/aromatic N) is 3. The highest BCUT2D eigenvalue weighted by Crippen LogP contribution is 2.34. The Kier molecular flexibility index (Phi) is 3.21. The van der Waals surface area contributed by atoms with Crippen LogP contribution in [0, 0.1) is 0 Å². The molecule has 1 heterocycles. The minimum absolute atomic E-state index is 0.0268. The average molecular weight is 270 g/mol. The zero-order valence-corrected chi connectivity index (χ0v) is 10.4. The molecule has 19 heavy (non-hydrogen) atoms. The van der Waals surface area contributed by atoms with Crippen LogP contribution in [0.4, 0.5) is 18.9 Å². The van der Waals surface area contributed by atoms with Crippen LogP contribution in [0.1, 0.15) is 25.5 Å². The molecule has 0 amide bonds. The normalized spacial score (nSPS) is 12.1. The molecule has 0 aliphatic rings. The summed E-state index contributed by atoms with van der Waals surface area (Å²) in [5.74, 6) is 0.332. The number of anilines is 1. The van der Waals surface area contributed by atoms with Crippen molar-refractivity contribution in [3.63, 3.8) is 0 Å². The molecular weight excluding hydrogens is 257 g/mol. The molecule has 2 aromatic rings. The Morgan fingerprint density at radius 2 is 1.95 bits per heavy atom. The van der Waals surface area contributed by atoms with Crippen molar-refractivity contribution in [3.8, 4) is 11.4 Å². The van der Waals surface area contributed by atoms with Gasteiger partial charge in [-0.3, -0.25) is 0 Å². The number of alkyl halides is 3. The van der Waals surface area contributed by atoms with Gasteiger partial charge in [0.25, 0.3) is 0 Å². The topological polar surface area (TPSA) is 56.7 Å². The monoisotopic (exact) mass is 270 g/mol. The maximum atomic E-state index is 12.7. The summed E-state index contributed by atoms with van der Waals surface area (Å²) in [4.78, 5) is 0. The van der Waals surface area contributed by atoms with Crippen molar-refractivity contribution in [2.45, 2.75) is 26.1 Å². The highest BCUT2D eigenvalue weighted by atomic mass is 19.4. The van der Waals surface area contributed by atoms with Crippen LogP contribution in [-0.4, -0.2) is 14.8 Å². The Hall–Kier alpha value is -2.05. The summed E-state index contributed by atoms with van der Waals surface area (Å²) in [7, 11) is 0. The van der Waals surface area contributed by atoms with Gasteiger partial charge in [0.2, 0.25) is 0 Å². The van der Waals surface area contributed by atoms with Gasteiger partial charge in [-0.1, -0.05) is 0 Å². The number of benzene rings is 1. The minimum atomic E-state index is -4.41. The third-order valence-electron chi connectivity index (χ3n) is 2.75. The fraction of sp³-hybridized carbons (Fsp3) is 0.333. The van der Waals surface area contributed by atoms with Crippen molar-refractivity contribution in [1.82, 2.24) is 14.8 Å². The quantitative estimate of drug-likeness (QED) is 0.853. The molecule has 0 bridgehead atoms. The Morgan fingerprint density at radius 1 is 1.26 bits per heavy atom. The first kappa shape index (κ1) is 13.4. The van der Waals surface area contributed by atoms with Gasteiger partial charge in [0.05, 0.1) is 5.56 Å². The number of aromatic nitrogens is 3. The summed E-state index contributed by atoms with van der Waals surface area (Å²) in [6.45, 7) is 3.77. The van der Waals surface area contributed by atoms with Crippen LogP contribution in [0.15, 0.2) is 24.5 Å². The van der Waals surface area contributed by atoms with Gasteiger partial charge < -0.3 is 10.3 Å². The van der Waals surface area contributed by atoms with E-state index >= 15 is 0 Å². The number of nitrogens with two attached hydrogens (primary N) is 1. The number of halogens is 3. The minimum Gasteiger partial charge on any atom is -0.398 e. The van der Waals surface area contributed by atoms with Gasteiger partial charge in [0.1, 0.15) is 6.33 Å². The van der Waals surface area contributed by atoms with Gasteiger partial charge >= 0.3 is 6.18 Å². The molecule has 0 fully saturated rings. The SMILES string of the molecule is CC(C)n1cnnc1-c1cc(C(F)(F)F)ccc1N. The maximum Gasteiger partial charge on any atom is 0.416 e. The second-order valence-electron chi connectivity index (χ2n) is 4.46. The fourth-order valence-corrected chi connectivity index (χ4v) is 1.74. The Morgan fingerprint density at radius 3 is 2.53 bits per heavy atom. The average Bonchev–Trinajstić information content (AvgIpc) is 2.76. The van der Waals surface area contributed by atoms with Crippen LogP contribution in [0.3, 0.4) is 0 Å². The summed E-state index contributed by atoms with van der Waals surface area (Å²) in [5, 5.41) is 7.59. The Labute approximate surface area is 108 Å². The van der Waals surface area contributed by atoms with Gasteiger partial charge in [-0.2, -0.15) is 13.2 Å². The lowest BCUT2D eigenvalue weighted by atomic mass is 10.1. The molecule has 0 unspecified atom stereocenters. The molecule has 0 saturated carbocycles. The molecule has 2 rings (SSSR count). The third kappa shape index (κ3) is 2.54. The number of hydrogen-bond donors (Lipinski definition) is 1. The second kappa shape index (κ2) is 4.56. The van der Waals surface area contributed by atoms with Crippen LogP contribution >= 0.6 is 0 Å². The highest BCUT2D eigenvalue weighted by Gasteiger charge is 2.31. The van der Waals surface area contributed by atoms with Gasteiger partial charge in [-0.25, -0.2) is 0 Å². The van der Waals surface area contributed by atoms with E-state index in [1.807, 2.05) is 13.8 Å². The molecule has 0 aliphatic carbocycles. The molecule has 2 N–H and O–H groups in total. The van der Waals surface area contributed by atoms with E-state index < -0.39 is 11.7 Å². The number of hydrogen-bond acceptors (Lipinski definition) is 3. The Balaban J connectivity index is 2.58. The zero-order chi connectivity index (χ0) is 14.2. The first-order valence-corrected chi connectivity index (χ1v) is 5.67. The second-order valence-corrected chi connectivity index (χ2v) is 4.46. The molecule has 0 spiro atoms. The van der Waals surface area contributed by atoms with Gasteiger partial charge in [-0.05, 0) is 32.0 Å². The fourth-order valence-electron chi connectivity index (χ4n) is 1.74. The van der Waals surface area contributed by atoms with E-state index in [1.54, 1.807) is 4.57 Å². The summed E-state index contributed by atoms with van der Waals surface area (Å²) in [6, 6.07) is 3.21. The van der Waals surface area contributed by atoms with Crippen molar-refractivity contribution in [2.24, 2.45) is 0 Å². The molecule has 0 radical (unpaired) electrons. The van der Waals surface area contributed by atoms with Crippen molar-refractivity contribution < 1.29 is 13.2 Å². The van der Waals surface area contributed by atoms with E-state index in [1.165, 1.54) is 12.4 Å². The molecule has 0 saturated heterocycles. The maximum absolute atomic E-state index is 12.7. The molecule has 0 aliphatic heterocycles. The largest absolute Gasteiger partial charge is 0.416 e. The summed E-state index contributed by atoms with van der Waals surface area (Å²) >= 11 is 0. The predicted octanol–water partition coefficient (Wildman–Crippen LogP) is 3.13. The van der Waals surface area contributed by atoms with E-state index in [0.29, 0.717) is 5.82 Å². The van der Waals surface area contributed by atoms with Crippen molar-refractivity contribution in [2.75, 3.05) is 5.73 Å². The highest BCUT2D eigenvalue weighted by molar-refractivity contribution is 5.72. The molecule has 102 valence electrons. The van der Waals surface area contributed by atoms with E-state index in [0.717, 1.165) is 12.1 Å². The Bertz CT molecular complexity index is 587. The lowest BCUT2D eigenvalue weighted by Gasteiger charge is -2.13. The van der Waals surface area contributed by atoms with Crippen LogP contribution in [0.25, 0.3) is 11.4 Å². The van der Waals surface area contributed by atoms with E-state index in [4.69, 9.17) is 5.73 Å². The van der Waals surface area contributed by atoms with E-state index in [2.05, 4.69) is 10.2 Å². The predicted molar refractivity (Wildman–Crippen MR) is 65.3 cm³/mol. The van der Waals surface area contributed by atoms with Gasteiger partial charge in [0, 0.05) is 17.3 Å². The zero-order valence-electron chi connectivity index (χ0n) is 10.4. The van der Waals surface area contributed by atoms with E-state index in [-0.39, 0.29) is 17.3 Å². The van der Waals surface area contributed by atoms with E-state index in [9.17, 15) is 13.2 Å². The number of nitrogen functional groups attached to an aromatic ring is 1. The van der Waals surface area contributed by atoms with Crippen molar-refractivity contribution in [3.05, 3.63) is 30.1 Å². The standard InChI is InChI=1S/C12H13F3N4/c1-7(2)19-6-17-18-11(19)9-5-8(12(13,14)15)3-4-10(9)16/h3-7H,16H2,1-2H3. The van der Waals surface area contributed by atoms with Crippen LogP contribution in [-0.2, 0) is 6.18 Å². The smallest absolute Gasteiger partial charge is 0.398 e. The lowest BCUT2D eigenvalue weighted by molar-refractivity contribution is -0.137. The summed E-state index contributed by atoms with van der Waals surface area (Å²) in [5.41, 5.74) is 5.47. The summed E-state index contributed by atoms with van der Waals surface area (Å²) in [6.07, 6.45) is -2.94. The third-order valence-corrected chi connectivity index (χ3v) is 2.75. The van der Waals surface area contributed by atoms with Crippen LogP contribution in [0.5, 0.6) is 0 Å². The molecule has 7 heteroatoms. The van der Waals surface area contributed by atoms with Crippen molar-refractivity contribution >= 4 is 5.69 Å². The molecule has 1 aromatic carbocycles.